The van der Waals surface area contributed by atoms with Crippen molar-refractivity contribution in [1.82, 2.24) is 0 Å². The maximum absolute atomic E-state index is 12.5. The Hall–Kier alpha value is -3.06. The largest absolute Gasteiger partial charge is 0.506 e. The van der Waals surface area contributed by atoms with Gasteiger partial charge in [0, 0.05) is 15.6 Å². The van der Waals surface area contributed by atoms with E-state index in [1.165, 1.54) is 25.6 Å². The van der Waals surface area contributed by atoms with Crippen LogP contribution in [-0.4, -0.2) is 38.4 Å². The van der Waals surface area contributed by atoms with Crippen LogP contribution in [0.4, 0.5) is 0 Å². The zero-order valence-electron chi connectivity index (χ0n) is 14.4. The van der Waals surface area contributed by atoms with Crippen LogP contribution in [0.2, 0.25) is 0 Å². The van der Waals surface area contributed by atoms with Crippen LogP contribution in [0.15, 0.2) is 35.7 Å². The Balaban J connectivity index is 2.45. The van der Waals surface area contributed by atoms with Crippen LogP contribution in [-0.2, 0) is 9.47 Å². The van der Waals surface area contributed by atoms with Crippen molar-refractivity contribution in [3.8, 4) is 22.6 Å². The molecule has 3 aromatic rings. The number of aromatic hydroxyl groups is 1. The number of hydrogen-bond donors (Lipinski definition) is 1. The van der Waals surface area contributed by atoms with Gasteiger partial charge in [0.25, 0.3) is 0 Å². The first kappa shape index (κ1) is 17.8. The summed E-state index contributed by atoms with van der Waals surface area (Å²) in [4.78, 5) is 24.8. The molecule has 0 atom stereocenters. The van der Waals surface area contributed by atoms with E-state index in [4.69, 9.17) is 14.2 Å². The topological polar surface area (TPSA) is 82.1 Å². The Labute approximate surface area is 153 Å². The standard InChI is InChI=1S/C19H16O6S/c1-23-11-6-4-10(5-7-11)13-14(18(21)24-2)15(19(22)25-3)16(20)12-8-9-26-17(12)13/h4-9,20H,1-3H3. The Morgan fingerprint density at radius 3 is 2.12 bits per heavy atom. The van der Waals surface area contributed by atoms with Gasteiger partial charge in [0.2, 0.25) is 0 Å². The number of fused-ring (bicyclic) bond motifs is 1. The molecule has 1 aromatic heterocycles. The van der Waals surface area contributed by atoms with E-state index in [9.17, 15) is 14.7 Å². The smallest absolute Gasteiger partial charge is 0.342 e. The molecule has 0 unspecified atom stereocenters. The lowest BCUT2D eigenvalue weighted by molar-refractivity contribution is 0.0553. The van der Waals surface area contributed by atoms with Crippen molar-refractivity contribution in [1.29, 1.82) is 0 Å². The molecule has 26 heavy (non-hydrogen) atoms. The van der Waals surface area contributed by atoms with Crippen LogP contribution in [0, 0.1) is 0 Å². The number of esters is 2. The van der Waals surface area contributed by atoms with Gasteiger partial charge in [-0.3, -0.25) is 0 Å². The molecular formula is C19H16O6S. The normalized spacial score (nSPS) is 10.6. The van der Waals surface area contributed by atoms with Crippen LogP contribution >= 0.6 is 11.3 Å². The molecule has 0 aliphatic carbocycles. The summed E-state index contributed by atoms with van der Waals surface area (Å²) < 4.78 is 15.5. The van der Waals surface area contributed by atoms with Gasteiger partial charge in [-0.1, -0.05) is 12.1 Å². The number of ether oxygens (including phenoxy) is 3. The number of phenolic OH excluding ortho intramolecular Hbond substituents is 1. The van der Waals surface area contributed by atoms with Gasteiger partial charge in [-0.05, 0) is 29.1 Å². The fraction of sp³-hybridized carbons (Fsp3) is 0.158. The van der Waals surface area contributed by atoms with Gasteiger partial charge in [-0.2, -0.15) is 0 Å². The molecule has 2 aromatic carbocycles. The van der Waals surface area contributed by atoms with Gasteiger partial charge in [0.05, 0.1) is 26.9 Å². The number of rotatable bonds is 4. The van der Waals surface area contributed by atoms with Crippen LogP contribution < -0.4 is 4.74 Å². The fourth-order valence-electron chi connectivity index (χ4n) is 2.82. The molecule has 0 amide bonds. The summed E-state index contributed by atoms with van der Waals surface area (Å²) in [6.07, 6.45) is 0. The maximum atomic E-state index is 12.5. The Kier molecular flexibility index (Phi) is 4.81. The van der Waals surface area contributed by atoms with Gasteiger partial charge in [-0.15, -0.1) is 11.3 Å². The van der Waals surface area contributed by atoms with Crippen molar-refractivity contribution in [2.24, 2.45) is 0 Å². The highest BCUT2D eigenvalue weighted by atomic mass is 32.1. The zero-order chi connectivity index (χ0) is 18.8. The minimum atomic E-state index is -0.814. The molecule has 0 saturated carbocycles. The number of methoxy groups -OCH3 is 3. The molecule has 0 fully saturated rings. The Morgan fingerprint density at radius 1 is 0.923 bits per heavy atom. The van der Waals surface area contributed by atoms with Crippen molar-refractivity contribution in [2.45, 2.75) is 0 Å². The van der Waals surface area contributed by atoms with Crippen LogP contribution in [0.1, 0.15) is 20.7 Å². The van der Waals surface area contributed by atoms with Gasteiger partial charge < -0.3 is 19.3 Å². The molecule has 0 aliphatic rings. The molecule has 7 heteroatoms. The molecule has 0 aliphatic heterocycles. The summed E-state index contributed by atoms with van der Waals surface area (Å²) in [5, 5.41) is 12.8. The average molecular weight is 372 g/mol. The maximum Gasteiger partial charge on any atom is 0.342 e. The summed E-state index contributed by atoms with van der Waals surface area (Å²) in [7, 11) is 3.97. The first-order chi connectivity index (χ1) is 12.5. The molecule has 1 N–H and O–H groups in total. The van der Waals surface area contributed by atoms with E-state index in [0.29, 0.717) is 27.0 Å². The Morgan fingerprint density at radius 2 is 1.54 bits per heavy atom. The third-order valence-corrected chi connectivity index (χ3v) is 4.97. The third-order valence-electron chi connectivity index (χ3n) is 4.04. The van der Waals surface area contributed by atoms with Crippen LogP contribution in [0.5, 0.6) is 11.5 Å². The zero-order valence-corrected chi connectivity index (χ0v) is 15.2. The second kappa shape index (κ2) is 7.05. The van der Waals surface area contributed by atoms with E-state index in [2.05, 4.69) is 0 Å². The van der Waals surface area contributed by atoms with Crippen molar-refractivity contribution >= 4 is 33.4 Å². The molecule has 0 radical (unpaired) electrons. The highest BCUT2D eigenvalue weighted by molar-refractivity contribution is 7.18. The lowest BCUT2D eigenvalue weighted by atomic mass is 9.92. The van der Waals surface area contributed by atoms with E-state index in [1.807, 2.05) is 0 Å². The lowest BCUT2D eigenvalue weighted by Gasteiger charge is -2.16. The summed E-state index contributed by atoms with van der Waals surface area (Å²) in [6, 6.07) is 8.74. The van der Waals surface area contributed by atoms with E-state index in [0.717, 1.165) is 0 Å². The molecule has 6 nitrogen and oxygen atoms in total. The third kappa shape index (κ3) is 2.76. The van der Waals surface area contributed by atoms with Crippen molar-refractivity contribution < 1.29 is 28.9 Å². The van der Waals surface area contributed by atoms with Gasteiger partial charge in [0.15, 0.2) is 0 Å². The van der Waals surface area contributed by atoms with E-state index < -0.39 is 11.9 Å². The molecule has 134 valence electrons. The lowest BCUT2D eigenvalue weighted by Crippen LogP contribution is -2.14. The summed E-state index contributed by atoms with van der Waals surface area (Å²) in [6.45, 7) is 0. The summed E-state index contributed by atoms with van der Waals surface area (Å²) >= 11 is 1.35. The number of hydrogen-bond acceptors (Lipinski definition) is 7. The second-order valence-corrected chi connectivity index (χ2v) is 6.26. The minimum absolute atomic E-state index is 0.0306. The van der Waals surface area contributed by atoms with Gasteiger partial charge in [-0.25, -0.2) is 9.59 Å². The molecule has 0 bridgehead atoms. The predicted molar refractivity (Wildman–Crippen MR) is 98.2 cm³/mol. The first-order valence-corrected chi connectivity index (χ1v) is 8.48. The molecule has 1 heterocycles. The quantitative estimate of drug-likeness (QED) is 0.701. The molecular weight excluding hydrogens is 356 g/mol. The predicted octanol–water partition coefficient (Wildman–Crippen LogP) is 3.86. The van der Waals surface area contributed by atoms with Crippen LogP contribution in [0.3, 0.4) is 0 Å². The Bertz CT molecular complexity index is 987. The number of carbonyl (C=O) groups is 2. The molecule has 3 rings (SSSR count). The SMILES string of the molecule is COC(=O)c1c(C(=O)OC)c(-c2ccc(OC)cc2)c2sccc2c1O. The number of thiophene rings is 1. The first-order valence-electron chi connectivity index (χ1n) is 7.60. The van der Waals surface area contributed by atoms with Crippen molar-refractivity contribution in [3.05, 3.63) is 46.8 Å². The van der Waals surface area contributed by atoms with E-state index in [-0.39, 0.29) is 16.9 Å². The fourth-order valence-corrected chi connectivity index (χ4v) is 3.79. The van der Waals surface area contributed by atoms with E-state index in [1.54, 1.807) is 42.8 Å². The van der Waals surface area contributed by atoms with Crippen molar-refractivity contribution in [3.63, 3.8) is 0 Å². The highest BCUT2D eigenvalue weighted by Gasteiger charge is 2.30. The number of carbonyl (C=O) groups excluding carboxylic acids is 2. The minimum Gasteiger partial charge on any atom is -0.506 e. The second-order valence-electron chi connectivity index (χ2n) is 5.35. The van der Waals surface area contributed by atoms with Crippen molar-refractivity contribution in [2.75, 3.05) is 21.3 Å². The van der Waals surface area contributed by atoms with Crippen LogP contribution in [0.25, 0.3) is 21.2 Å². The van der Waals surface area contributed by atoms with Gasteiger partial charge in [0.1, 0.15) is 17.1 Å². The summed E-state index contributed by atoms with van der Waals surface area (Å²) in [5.74, 6) is -1.19. The molecule has 0 spiro atoms. The summed E-state index contributed by atoms with van der Waals surface area (Å²) in [5.41, 5.74) is 0.944. The monoisotopic (exact) mass is 372 g/mol. The number of benzene rings is 2. The van der Waals surface area contributed by atoms with E-state index >= 15 is 0 Å². The average Bonchev–Trinajstić information content (AvgIpc) is 3.16. The number of phenols is 1. The molecule has 0 saturated heterocycles. The van der Waals surface area contributed by atoms with Gasteiger partial charge >= 0.3 is 11.9 Å². The highest BCUT2D eigenvalue weighted by Crippen LogP contribution is 2.44.